The van der Waals surface area contributed by atoms with Crippen molar-refractivity contribution in [1.29, 1.82) is 0 Å². The number of hydrogen-bond acceptors (Lipinski definition) is 3. The predicted octanol–water partition coefficient (Wildman–Crippen LogP) is 2.13. The minimum atomic E-state index is -0.676. The molecule has 19 heavy (non-hydrogen) atoms. The van der Waals surface area contributed by atoms with E-state index in [2.05, 4.69) is 20.9 Å². The van der Waals surface area contributed by atoms with Crippen molar-refractivity contribution in [3.05, 3.63) is 22.4 Å². The summed E-state index contributed by atoms with van der Waals surface area (Å²) in [4.78, 5) is 15.3. The fourth-order valence-corrected chi connectivity index (χ4v) is 2.56. The molecule has 0 unspecified atom stereocenters. The third-order valence-electron chi connectivity index (χ3n) is 2.93. The molecule has 0 aliphatic rings. The van der Waals surface area contributed by atoms with E-state index in [1.54, 1.807) is 24.5 Å². The Labute approximate surface area is 117 Å². The molecule has 1 aromatic carbocycles. The molecule has 0 aliphatic carbocycles. The topological polar surface area (TPSA) is 86.9 Å². The number of benzene rings is 1. The molecular formula is C12H14BrFN4O. The first-order valence-corrected chi connectivity index (χ1v) is 6.43. The zero-order chi connectivity index (χ0) is 14.4. The van der Waals surface area contributed by atoms with E-state index in [0.717, 1.165) is 0 Å². The number of imidazole rings is 1. The average Bonchev–Trinajstić information content (AvgIpc) is 2.53. The van der Waals surface area contributed by atoms with Gasteiger partial charge >= 0.3 is 0 Å². The Morgan fingerprint density at radius 1 is 1.53 bits per heavy atom. The van der Waals surface area contributed by atoms with Crippen LogP contribution >= 0.6 is 15.9 Å². The van der Waals surface area contributed by atoms with Crippen LogP contribution in [0.15, 0.2) is 16.6 Å². The molecule has 7 heteroatoms. The van der Waals surface area contributed by atoms with Crippen molar-refractivity contribution in [3.8, 4) is 0 Å². The molecule has 0 atom stereocenters. The lowest BCUT2D eigenvalue weighted by Crippen LogP contribution is -2.33. The summed E-state index contributed by atoms with van der Waals surface area (Å²) in [6.07, 6.45) is 0.0837. The molecule has 0 fully saturated rings. The highest BCUT2D eigenvalue weighted by atomic mass is 79.9. The Bertz CT molecular complexity index is 665. The van der Waals surface area contributed by atoms with Crippen molar-refractivity contribution in [2.75, 3.05) is 5.73 Å². The zero-order valence-electron chi connectivity index (χ0n) is 10.6. The van der Waals surface area contributed by atoms with Crippen molar-refractivity contribution in [2.24, 2.45) is 5.73 Å². The number of amides is 1. The van der Waals surface area contributed by atoms with Crippen molar-refractivity contribution >= 4 is 38.8 Å². The second-order valence-corrected chi connectivity index (χ2v) is 5.87. The first-order valence-electron chi connectivity index (χ1n) is 5.64. The van der Waals surface area contributed by atoms with Crippen molar-refractivity contribution in [1.82, 2.24) is 9.55 Å². The van der Waals surface area contributed by atoms with Gasteiger partial charge < -0.3 is 16.0 Å². The van der Waals surface area contributed by atoms with Crippen LogP contribution in [-0.4, -0.2) is 15.5 Å². The number of halogens is 2. The average molecular weight is 329 g/mol. The van der Waals surface area contributed by atoms with Crippen molar-refractivity contribution in [3.63, 3.8) is 0 Å². The molecule has 2 aromatic rings. The van der Waals surface area contributed by atoms with Crippen LogP contribution in [0.2, 0.25) is 0 Å². The Kier molecular flexibility index (Phi) is 3.25. The summed E-state index contributed by atoms with van der Waals surface area (Å²) < 4.78 is 15.6. The van der Waals surface area contributed by atoms with Gasteiger partial charge in [-0.3, -0.25) is 4.79 Å². The maximum Gasteiger partial charge on any atom is 0.219 e. The van der Waals surface area contributed by atoms with Crippen LogP contribution < -0.4 is 11.5 Å². The highest BCUT2D eigenvalue weighted by Crippen LogP contribution is 2.31. The van der Waals surface area contributed by atoms with Gasteiger partial charge in [0, 0.05) is 12.5 Å². The van der Waals surface area contributed by atoms with Gasteiger partial charge in [0.2, 0.25) is 11.9 Å². The summed E-state index contributed by atoms with van der Waals surface area (Å²) in [5, 5.41) is 0. The molecule has 4 N–H and O–H groups in total. The zero-order valence-corrected chi connectivity index (χ0v) is 12.2. The van der Waals surface area contributed by atoms with Crippen LogP contribution in [-0.2, 0) is 10.3 Å². The Hall–Kier alpha value is -1.63. The van der Waals surface area contributed by atoms with Crippen LogP contribution in [0.1, 0.15) is 20.3 Å². The lowest BCUT2D eigenvalue weighted by atomic mass is 9.99. The number of anilines is 1. The van der Waals surface area contributed by atoms with Crippen molar-refractivity contribution < 1.29 is 9.18 Å². The SMILES string of the molecule is CC(C)(CC(N)=O)n1c(N)nc2cc(Br)c(F)cc21. The summed E-state index contributed by atoms with van der Waals surface area (Å²) in [6, 6.07) is 2.89. The quantitative estimate of drug-likeness (QED) is 0.904. The number of rotatable bonds is 3. The number of aromatic nitrogens is 2. The van der Waals surface area contributed by atoms with E-state index in [0.29, 0.717) is 15.5 Å². The molecule has 0 spiro atoms. The molecule has 102 valence electrons. The standard InChI is InChI=1S/C12H14BrFN4O/c1-12(2,5-10(15)19)18-9-4-7(14)6(13)3-8(9)17-11(18)16/h3-4H,5H2,1-2H3,(H2,15,19)(H2,16,17). The van der Waals surface area contributed by atoms with E-state index in [9.17, 15) is 9.18 Å². The Balaban J connectivity index is 2.69. The van der Waals surface area contributed by atoms with E-state index in [4.69, 9.17) is 11.5 Å². The van der Waals surface area contributed by atoms with Gasteiger partial charge in [0.15, 0.2) is 0 Å². The van der Waals surface area contributed by atoms with Crippen LogP contribution in [0.5, 0.6) is 0 Å². The molecule has 0 radical (unpaired) electrons. The summed E-state index contributed by atoms with van der Waals surface area (Å²) in [6.45, 7) is 3.60. The number of carbonyl (C=O) groups is 1. The monoisotopic (exact) mass is 328 g/mol. The van der Waals surface area contributed by atoms with Gasteiger partial charge in [0.25, 0.3) is 0 Å². The number of nitrogen functional groups attached to an aromatic ring is 1. The minimum Gasteiger partial charge on any atom is -0.370 e. The number of carbonyl (C=O) groups excluding carboxylic acids is 1. The molecule has 0 aliphatic heterocycles. The van der Waals surface area contributed by atoms with E-state index in [-0.39, 0.29) is 12.4 Å². The predicted molar refractivity (Wildman–Crippen MR) is 74.9 cm³/mol. The third-order valence-corrected chi connectivity index (χ3v) is 3.54. The first kappa shape index (κ1) is 13.8. The van der Waals surface area contributed by atoms with Crippen LogP contribution in [0.25, 0.3) is 11.0 Å². The molecule has 0 saturated heterocycles. The number of nitrogens with zero attached hydrogens (tertiary/aromatic N) is 2. The maximum absolute atomic E-state index is 13.7. The lowest BCUT2D eigenvalue weighted by molar-refractivity contribution is -0.119. The molecule has 1 heterocycles. The second-order valence-electron chi connectivity index (χ2n) is 5.02. The molecule has 0 bridgehead atoms. The van der Waals surface area contributed by atoms with Gasteiger partial charge in [-0.25, -0.2) is 9.37 Å². The van der Waals surface area contributed by atoms with E-state index < -0.39 is 17.3 Å². The smallest absolute Gasteiger partial charge is 0.219 e. The van der Waals surface area contributed by atoms with Crippen LogP contribution in [0, 0.1) is 5.82 Å². The van der Waals surface area contributed by atoms with Gasteiger partial charge in [0.1, 0.15) is 5.82 Å². The normalized spacial score (nSPS) is 12.0. The number of nitrogens with two attached hydrogens (primary N) is 2. The van der Waals surface area contributed by atoms with E-state index in [1.165, 1.54) is 6.07 Å². The Morgan fingerprint density at radius 2 is 2.16 bits per heavy atom. The molecule has 2 rings (SSSR count). The fourth-order valence-electron chi connectivity index (χ4n) is 2.23. The fraction of sp³-hybridized carbons (Fsp3) is 0.333. The summed E-state index contributed by atoms with van der Waals surface area (Å²) in [5.74, 6) is -0.647. The van der Waals surface area contributed by atoms with E-state index >= 15 is 0 Å². The molecule has 1 aromatic heterocycles. The highest BCUT2D eigenvalue weighted by molar-refractivity contribution is 9.10. The first-order chi connectivity index (χ1) is 8.72. The molecule has 1 amide bonds. The van der Waals surface area contributed by atoms with Crippen LogP contribution in [0.3, 0.4) is 0 Å². The highest BCUT2D eigenvalue weighted by Gasteiger charge is 2.27. The number of hydrogen-bond donors (Lipinski definition) is 2. The number of primary amides is 1. The third kappa shape index (κ3) is 2.42. The van der Waals surface area contributed by atoms with E-state index in [1.807, 2.05) is 0 Å². The largest absolute Gasteiger partial charge is 0.370 e. The minimum absolute atomic E-state index is 0.0837. The van der Waals surface area contributed by atoms with Crippen molar-refractivity contribution in [2.45, 2.75) is 25.8 Å². The van der Waals surface area contributed by atoms with Gasteiger partial charge in [-0.05, 0) is 35.8 Å². The summed E-state index contributed by atoms with van der Waals surface area (Å²) in [7, 11) is 0. The lowest BCUT2D eigenvalue weighted by Gasteiger charge is -2.27. The molecule has 0 saturated carbocycles. The van der Waals surface area contributed by atoms with Gasteiger partial charge in [-0.15, -0.1) is 0 Å². The summed E-state index contributed by atoms with van der Waals surface area (Å²) >= 11 is 3.10. The maximum atomic E-state index is 13.7. The van der Waals surface area contributed by atoms with Crippen LogP contribution in [0.4, 0.5) is 10.3 Å². The summed E-state index contributed by atoms with van der Waals surface area (Å²) in [5.41, 5.74) is 11.5. The second kappa shape index (κ2) is 4.48. The van der Waals surface area contributed by atoms with Gasteiger partial charge in [0.05, 0.1) is 21.0 Å². The molecule has 5 nitrogen and oxygen atoms in total. The van der Waals surface area contributed by atoms with Gasteiger partial charge in [-0.2, -0.15) is 0 Å². The Morgan fingerprint density at radius 3 is 2.74 bits per heavy atom. The molecular weight excluding hydrogens is 315 g/mol. The van der Waals surface area contributed by atoms with Gasteiger partial charge in [-0.1, -0.05) is 0 Å². The number of fused-ring (bicyclic) bond motifs is 1.